The Bertz CT molecular complexity index is 1200. The summed E-state index contributed by atoms with van der Waals surface area (Å²) in [4.78, 5) is 21.4. The van der Waals surface area contributed by atoms with Gasteiger partial charge in [-0.1, -0.05) is 17.4 Å². The molecule has 1 aliphatic rings. The number of amides is 1. The van der Waals surface area contributed by atoms with Crippen LogP contribution < -0.4 is 4.90 Å². The molecule has 1 amide bonds. The largest absolute Gasteiger partial charge is 0.345 e. The molecule has 158 valence electrons. The zero-order valence-electron chi connectivity index (χ0n) is 16.6. The van der Waals surface area contributed by atoms with Crippen molar-refractivity contribution in [2.75, 3.05) is 45.2 Å². The highest BCUT2D eigenvalue weighted by Crippen LogP contribution is 2.30. The summed E-state index contributed by atoms with van der Waals surface area (Å²) in [5.74, 6) is -0.483. The molecule has 0 aliphatic carbocycles. The van der Waals surface area contributed by atoms with E-state index in [0.717, 1.165) is 19.7 Å². The molecule has 3 aromatic rings. The molecule has 1 aromatic heterocycles. The van der Waals surface area contributed by atoms with Gasteiger partial charge in [0.25, 0.3) is 5.91 Å². The minimum absolute atomic E-state index is 0.0960. The quantitative estimate of drug-likeness (QED) is 0.614. The van der Waals surface area contributed by atoms with Crippen LogP contribution in [0.2, 0.25) is 0 Å². The lowest BCUT2D eigenvalue weighted by atomic mass is 10.2. The summed E-state index contributed by atoms with van der Waals surface area (Å²) < 4.78 is 40.0. The van der Waals surface area contributed by atoms with Crippen molar-refractivity contribution in [1.82, 2.24) is 14.2 Å². The van der Waals surface area contributed by atoms with Crippen LogP contribution in [0.4, 0.5) is 9.52 Å². The van der Waals surface area contributed by atoms with Crippen LogP contribution in [0.3, 0.4) is 0 Å². The van der Waals surface area contributed by atoms with E-state index in [1.54, 1.807) is 23.1 Å². The fourth-order valence-electron chi connectivity index (χ4n) is 3.31. The number of hydrogen-bond acceptors (Lipinski definition) is 6. The number of carbonyl (C=O) groups is 1. The van der Waals surface area contributed by atoms with Crippen LogP contribution in [-0.2, 0) is 10.0 Å². The molecule has 2 aromatic carbocycles. The average molecular weight is 449 g/mol. The van der Waals surface area contributed by atoms with Crippen molar-refractivity contribution < 1.29 is 17.6 Å². The van der Waals surface area contributed by atoms with Crippen LogP contribution in [0, 0.1) is 5.82 Å². The first kappa shape index (κ1) is 20.7. The van der Waals surface area contributed by atoms with Crippen LogP contribution in [0.1, 0.15) is 10.4 Å². The number of piperazine rings is 1. The van der Waals surface area contributed by atoms with Crippen molar-refractivity contribution in [3.8, 4) is 0 Å². The molecule has 2 heterocycles. The van der Waals surface area contributed by atoms with E-state index in [2.05, 4.69) is 9.88 Å². The summed E-state index contributed by atoms with van der Waals surface area (Å²) in [6.45, 7) is 2.19. The molecule has 10 heteroatoms. The van der Waals surface area contributed by atoms with Gasteiger partial charge in [-0.2, -0.15) is 0 Å². The van der Waals surface area contributed by atoms with Crippen molar-refractivity contribution in [2.24, 2.45) is 0 Å². The maximum atomic E-state index is 13.4. The molecule has 0 atom stereocenters. The normalized spacial score (nSPS) is 15.2. The van der Waals surface area contributed by atoms with E-state index >= 15 is 0 Å². The Hall–Kier alpha value is -2.56. The monoisotopic (exact) mass is 448 g/mol. The summed E-state index contributed by atoms with van der Waals surface area (Å²) in [7, 11) is -0.688. The molecule has 0 N–H and O–H groups in total. The van der Waals surface area contributed by atoms with Gasteiger partial charge < -0.3 is 9.80 Å². The van der Waals surface area contributed by atoms with Crippen LogP contribution in [0.25, 0.3) is 10.2 Å². The maximum Gasteiger partial charge on any atom is 0.254 e. The molecule has 1 aliphatic heterocycles. The first-order valence-corrected chi connectivity index (χ1v) is 11.6. The Morgan fingerprint density at radius 2 is 1.83 bits per heavy atom. The number of benzene rings is 2. The van der Waals surface area contributed by atoms with Gasteiger partial charge in [-0.3, -0.25) is 4.79 Å². The number of carbonyl (C=O) groups excluding carboxylic acids is 1. The molecule has 0 saturated carbocycles. The van der Waals surface area contributed by atoms with E-state index < -0.39 is 10.0 Å². The summed E-state index contributed by atoms with van der Waals surface area (Å²) in [6.07, 6.45) is 0. The van der Waals surface area contributed by atoms with Gasteiger partial charge in [-0.15, -0.1) is 0 Å². The van der Waals surface area contributed by atoms with Crippen molar-refractivity contribution in [2.45, 2.75) is 4.90 Å². The number of thiazole rings is 1. The minimum Gasteiger partial charge on any atom is -0.345 e. The van der Waals surface area contributed by atoms with E-state index in [9.17, 15) is 17.6 Å². The van der Waals surface area contributed by atoms with E-state index in [1.807, 2.05) is 0 Å². The third kappa shape index (κ3) is 3.90. The molecule has 4 rings (SSSR count). The van der Waals surface area contributed by atoms with Crippen LogP contribution in [0.5, 0.6) is 0 Å². The Morgan fingerprint density at radius 3 is 2.53 bits per heavy atom. The second-order valence-electron chi connectivity index (χ2n) is 7.20. The highest BCUT2D eigenvalue weighted by Gasteiger charge is 2.25. The van der Waals surface area contributed by atoms with Crippen molar-refractivity contribution in [3.63, 3.8) is 0 Å². The van der Waals surface area contributed by atoms with Crippen molar-refractivity contribution in [3.05, 3.63) is 53.8 Å². The number of hydrogen-bond donors (Lipinski definition) is 0. The second-order valence-corrected chi connectivity index (χ2v) is 10.4. The lowest BCUT2D eigenvalue weighted by Crippen LogP contribution is -2.48. The second kappa shape index (κ2) is 7.93. The van der Waals surface area contributed by atoms with E-state index in [-0.39, 0.29) is 16.6 Å². The third-order valence-electron chi connectivity index (χ3n) is 5.04. The molecular formula is C20H21FN4O3S2. The van der Waals surface area contributed by atoms with Gasteiger partial charge in [0.2, 0.25) is 10.0 Å². The van der Waals surface area contributed by atoms with Crippen LogP contribution in [-0.4, -0.2) is 68.8 Å². The molecule has 0 unspecified atom stereocenters. The number of sulfonamides is 1. The minimum atomic E-state index is -3.60. The number of rotatable bonds is 4. The number of aromatic nitrogens is 1. The zero-order chi connectivity index (χ0) is 21.5. The summed E-state index contributed by atoms with van der Waals surface area (Å²) >= 11 is 1.43. The lowest BCUT2D eigenvalue weighted by Gasteiger charge is -2.34. The molecular weight excluding hydrogens is 427 g/mol. The molecule has 0 bridgehead atoms. The summed E-state index contributed by atoms with van der Waals surface area (Å²) in [5.41, 5.74) is 1.11. The smallest absolute Gasteiger partial charge is 0.254 e. The molecule has 0 spiro atoms. The Kier molecular flexibility index (Phi) is 5.48. The first-order valence-electron chi connectivity index (χ1n) is 9.38. The van der Waals surface area contributed by atoms with Crippen LogP contribution >= 0.6 is 11.3 Å². The van der Waals surface area contributed by atoms with Crippen molar-refractivity contribution in [1.29, 1.82) is 0 Å². The van der Waals surface area contributed by atoms with Gasteiger partial charge >= 0.3 is 0 Å². The number of nitrogens with zero attached hydrogens (tertiary/aromatic N) is 4. The molecule has 1 saturated heterocycles. The fraction of sp³-hybridized carbons (Fsp3) is 0.300. The Balaban J connectivity index is 1.47. The van der Waals surface area contributed by atoms with Gasteiger partial charge in [-0.05, 0) is 36.4 Å². The van der Waals surface area contributed by atoms with Gasteiger partial charge in [0.1, 0.15) is 5.82 Å². The highest BCUT2D eigenvalue weighted by molar-refractivity contribution is 7.89. The first-order chi connectivity index (χ1) is 14.3. The predicted molar refractivity (Wildman–Crippen MR) is 115 cm³/mol. The molecule has 0 radical (unpaired) electrons. The van der Waals surface area contributed by atoms with E-state index in [1.165, 1.54) is 49.7 Å². The Labute approximate surface area is 178 Å². The lowest BCUT2D eigenvalue weighted by molar-refractivity contribution is 0.0746. The summed E-state index contributed by atoms with van der Waals surface area (Å²) in [6, 6.07) is 10.7. The topological polar surface area (TPSA) is 73.8 Å². The number of anilines is 1. The summed E-state index contributed by atoms with van der Waals surface area (Å²) in [5, 5.41) is 0.807. The maximum absolute atomic E-state index is 13.4. The predicted octanol–water partition coefficient (Wildman–Crippen LogP) is 2.65. The highest BCUT2D eigenvalue weighted by atomic mass is 32.2. The third-order valence-corrected chi connectivity index (χ3v) is 7.93. The van der Waals surface area contributed by atoms with Gasteiger partial charge in [0, 0.05) is 45.8 Å². The van der Waals surface area contributed by atoms with Crippen molar-refractivity contribution >= 4 is 42.6 Å². The molecule has 1 fully saturated rings. The van der Waals surface area contributed by atoms with E-state index in [4.69, 9.17) is 0 Å². The standard InChI is InChI=1S/C20H21FN4O3S2/c1-23(2)30(27,28)16-5-3-4-14(12-16)19(26)24-8-10-25(11-9-24)20-22-17-7-6-15(21)13-18(17)29-20/h3-7,12-13H,8-11H2,1-2H3. The van der Waals surface area contributed by atoms with Gasteiger partial charge in [0.05, 0.1) is 15.1 Å². The molecule has 7 nitrogen and oxygen atoms in total. The Morgan fingerprint density at radius 1 is 1.10 bits per heavy atom. The zero-order valence-corrected chi connectivity index (χ0v) is 18.2. The average Bonchev–Trinajstić information content (AvgIpc) is 3.16. The SMILES string of the molecule is CN(C)S(=O)(=O)c1cccc(C(=O)N2CCN(c3nc4ccc(F)cc4s3)CC2)c1. The number of halogens is 1. The van der Waals surface area contributed by atoms with Crippen LogP contribution in [0.15, 0.2) is 47.4 Å². The van der Waals surface area contributed by atoms with Gasteiger partial charge in [0.15, 0.2) is 5.13 Å². The molecule has 30 heavy (non-hydrogen) atoms. The fourth-order valence-corrected chi connectivity index (χ4v) is 5.30. The number of fused-ring (bicyclic) bond motifs is 1. The van der Waals surface area contributed by atoms with E-state index in [0.29, 0.717) is 31.7 Å². The van der Waals surface area contributed by atoms with Gasteiger partial charge in [-0.25, -0.2) is 22.1 Å².